The molecule has 4 heteroatoms. The first kappa shape index (κ1) is 14.4. The van der Waals surface area contributed by atoms with Crippen molar-refractivity contribution >= 4 is 20.8 Å². The topological polar surface area (TPSA) is 37.4 Å². The van der Waals surface area contributed by atoms with Gasteiger partial charge in [-0.3, -0.25) is 0 Å². The maximum atomic E-state index is 13.0. The summed E-state index contributed by atoms with van der Waals surface area (Å²) in [4.78, 5) is 0.371. The van der Waals surface area contributed by atoms with Crippen molar-refractivity contribution in [3.8, 4) is 0 Å². The fourth-order valence-electron chi connectivity index (χ4n) is 3.15. The fraction of sp³-hybridized carbons (Fsp3) is 0.158. The SMILES string of the molecule is O=S(=O)(c1ccc2ccccc2c1)N1CCc2ccccc2C1. The molecule has 1 aliphatic heterocycles. The van der Waals surface area contributed by atoms with Gasteiger partial charge in [0, 0.05) is 13.1 Å². The van der Waals surface area contributed by atoms with E-state index in [0.29, 0.717) is 18.0 Å². The molecule has 0 bridgehead atoms. The Bertz CT molecular complexity index is 979. The largest absolute Gasteiger partial charge is 0.243 e. The molecule has 1 aliphatic rings. The van der Waals surface area contributed by atoms with Gasteiger partial charge in [-0.15, -0.1) is 0 Å². The molecule has 0 atom stereocenters. The summed E-state index contributed by atoms with van der Waals surface area (Å²) in [6, 6.07) is 21.2. The van der Waals surface area contributed by atoms with Crippen LogP contribution in [0.3, 0.4) is 0 Å². The second kappa shape index (κ2) is 5.48. The van der Waals surface area contributed by atoms with E-state index in [2.05, 4.69) is 6.07 Å². The number of hydrogen-bond donors (Lipinski definition) is 0. The van der Waals surface area contributed by atoms with Gasteiger partial charge in [-0.2, -0.15) is 4.31 Å². The lowest BCUT2D eigenvalue weighted by Crippen LogP contribution is -2.35. The molecule has 3 aromatic carbocycles. The van der Waals surface area contributed by atoms with Gasteiger partial charge < -0.3 is 0 Å². The zero-order valence-electron chi connectivity index (χ0n) is 12.6. The van der Waals surface area contributed by atoms with Gasteiger partial charge in [0.2, 0.25) is 10.0 Å². The van der Waals surface area contributed by atoms with Crippen molar-refractivity contribution in [3.63, 3.8) is 0 Å². The lowest BCUT2D eigenvalue weighted by Gasteiger charge is -2.28. The molecule has 0 aromatic heterocycles. The summed E-state index contributed by atoms with van der Waals surface area (Å²) >= 11 is 0. The first-order valence-electron chi connectivity index (χ1n) is 7.70. The van der Waals surface area contributed by atoms with Crippen LogP contribution in [0.5, 0.6) is 0 Å². The normalized spacial score (nSPS) is 15.5. The minimum absolute atomic E-state index is 0.371. The summed E-state index contributed by atoms with van der Waals surface area (Å²) in [7, 11) is -3.46. The van der Waals surface area contributed by atoms with Crippen molar-refractivity contribution in [3.05, 3.63) is 77.9 Å². The van der Waals surface area contributed by atoms with E-state index in [1.54, 1.807) is 16.4 Å². The quantitative estimate of drug-likeness (QED) is 0.723. The highest BCUT2D eigenvalue weighted by atomic mass is 32.2. The van der Waals surface area contributed by atoms with E-state index < -0.39 is 10.0 Å². The van der Waals surface area contributed by atoms with Gasteiger partial charge in [-0.25, -0.2) is 8.42 Å². The molecule has 0 amide bonds. The number of sulfonamides is 1. The second-order valence-electron chi connectivity index (χ2n) is 5.87. The van der Waals surface area contributed by atoms with Gasteiger partial charge in [0.15, 0.2) is 0 Å². The molecular weight excluding hydrogens is 306 g/mol. The standard InChI is InChI=1S/C19H17NO2S/c21-23(22,19-10-9-15-5-1-3-7-17(15)13-19)20-12-11-16-6-2-4-8-18(16)14-20/h1-10,13H,11-12,14H2. The van der Waals surface area contributed by atoms with Crippen molar-refractivity contribution in [2.24, 2.45) is 0 Å². The predicted molar refractivity (Wildman–Crippen MR) is 91.7 cm³/mol. The minimum Gasteiger partial charge on any atom is -0.207 e. The van der Waals surface area contributed by atoms with Crippen molar-refractivity contribution in [1.29, 1.82) is 0 Å². The van der Waals surface area contributed by atoms with Crippen molar-refractivity contribution < 1.29 is 8.42 Å². The molecule has 0 radical (unpaired) electrons. The van der Waals surface area contributed by atoms with E-state index >= 15 is 0 Å². The molecule has 0 N–H and O–H groups in total. The molecule has 116 valence electrons. The third-order valence-electron chi connectivity index (χ3n) is 4.45. The summed E-state index contributed by atoms with van der Waals surface area (Å²) in [5, 5.41) is 2.00. The van der Waals surface area contributed by atoms with Gasteiger partial charge in [-0.1, -0.05) is 54.6 Å². The first-order valence-corrected chi connectivity index (χ1v) is 9.14. The Labute approximate surface area is 136 Å². The maximum Gasteiger partial charge on any atom is 0.243 e. The summed E-state index contributed by atoms with van der Waals surface area (Å²) in [6.45, 7) is 0.984. The van der Waals surface area contributed by atoms with Crippen LogP contribution in [0.2, 0.25) is 0 Å². The third-order valence-corrected chi connectivity index (χ3v) is 6.30. The average molecular weight is 323 g/mol. The molecular formula is C19H17NO2S. The van der Waals surface area contributed by atoms with E-state index in [-0.39, 0.29) is 0 Å². The molecule has 0 saturated heterocycles. The van der Waals surface area contributed by atoms with E-state index in [1.807, 2.05) is 48.5 Å². The van der Waals surface area contributed by atoms with Crippen molar-refractivity contribution in [2.75, 3.05) is 6.54 Å². The van der Waals surface area contributed by atoms with Crippen LogP contribution in [0, 0.1) is 0 Å². The summed E-state index contributed by atoms with van der Waals surface area (Å²) in [5.41, 5.74) is 2.35. The average Bonchev–Trinajstić information content (AvgIpc) is 2.61. The zero-order valence-corrected chi connectivity index (χ0v) is 13.5. The Kier molecular flexibility index (Phi) is 3.43. The first-order chi connectivity index (χ1) is 11.1. The van der Waals surface area contributed by atoms with E-state index in [1.165, 1.54) is 5.56 Å². The molecule has 0 aliphatic carbocycles. The summed E-state index contributed by atoms with van der Waals surface area (Å²) < 4.78 is 27.5. The van der Waals surface area contributed by atoms with Crippen LogP contribution in [0.1, 0.15) is 11.1 Å². The molecule has 3 nitrogen and oxygen atoms in total. The smallest absolute Gasteiger partial charge is 0.207 e. The predicted octanol–water partition coefficient (Wildman–Crippen LogP) is 3.59. The Hall–Kier alpha value is -2.17. The van der Waals surface area contributed by atoms with Crippen LogP contribution < -0.4 is 0 Å². The van der Waals surface area contributed by atoms with Gasteiger partial charge in [0.05, 0.1) is 4.90 Å². The molecule has 0 unspecified atom stereocenters. The van der Waals surface area contributed by atoms with Crippen LogP contribution in [0.4, 0.5) is 0 Å². The summed E-state index contributed by atoms with van der Waals surface area (Å²) in [5.74, 6) is 0. The molecule has 0 fully saturated rings. The monoisotopic (exact) mass is 323 g/mol. The Balaban J connectivity index is 1.72. The minimum atomic E-state index is -3.46. The van der Waals surface area contributed by atoms with Crippen LogP contribution in [0.25, 0.3) is 10.8 Å². The Morgan fingerprint density at radius 1 is 0.783 bits per heavy atom. The van der Waals surface area contributed by atoms with Gasteiger partial charge in [0.1, 0.15) is 0 Å². The Morgan fingerprint density at radius 2 is 1.48 bits per heavy atom. The highest BCUT2D eigenvalue weighted by molar-refractivity contribution is 7.89. The van der Waals surface area contributed by atoms with E-state index in [0.717, 1.165) is 22.8 Å². The molecule has 0 saturated carbocycles. The summed E-state index contributed by atoms with van der Waals surface area (Å²) in [6.07, 6.45) is 0.767. The van der Waals surface area contributed by atoms with E-state index in [9.17, 15) is 8.42 Å². The Morgan fingerprint density at radius 3 is 2.30 bits per heavy atom. The molecule has 1 heterocycles. The van der Waals surface area contributed by atoms with Crippen LogP contribution >= 0.6 is 0 Å². The third kappa shape index (κ3) is 2.54. The molecule has 0 spiro atoms. The highest BCUT2D eigenvalue weighted by Crippen LogP contribution is 2.26. The van der Waals surface area contributed by atoms with Crippen molar-refractivity contribution in [2.45, 2.75) is 17.9 Å². The zero-order chi connectivity index (χ0) is 15.9. The fourth-order valence-corrected chi connectivity index (χ4v) is 4.61. The molecule has 4 rings (SSSR count). The van der Waals surface area contributed by atoms with Gasteiger partial charge in [0.25, 0.3) is 0 Å². The number of benzene rings is 3. The molecule has 23 heavy (non-hydrogen) atoms. The van der Waals surface area contributed by atoms with Crippen molar-refractivity contribution in [1.82, 2.24) is 4.31 Å². The van der Waals surface area contributed by atoms with Crippen LogP contribution in [-0.4, -0.2) is 19.3 Å². The van der Waals surface area contributed by atoms with E-state index in [4.69, 9.17) is 0 Å². The number of rotatable bonds is 2. The number of fused-ring (bicyclic) bond motifs is 2. The van der Waals surface area contributed by atoms with Crippen LogP contribution in [-0.2, 0) is 23.0 Å². The second-order valence-corrected chi connectivity index (χ2v) is 7.80. The lowest BCUT2D eigenvalue weighted by atomic mass is 10.0. The highest BCUT2D eigenvalue weighted by Gasteiger charge is 2.28. The maximum absolute atomic E-state index is 13.0. The lowest BCUT2D eigenvalue weighted by molar-refractivity contribution is 0.391. The van der Waals surface area contributed by atoms with Crippen LogP contribution in [0.15, 0.2) is 71.6 Å². The van der Waals surface area contributed by atoms with Gasteiger partial charge in [-0.05, 0) is 40.5 Å². The number of hydrogen-bond acceptors (Lipinski definition) is 2. The van der Waals surface area contributed by atoms with Gasteiger partial charge >= 0.3 is 0 Å². The number of nitrogens with zero attached hydrogens (tertiary/aromatic N) is 1. The molecule has 3 aromatic rings.